The molecule has 0 radical (unpaired) electrons. The van der Waals surface area contributed by atoms with Crippen LogP contribution in [0.1, 0.15) is 16.7 Å². The zero-order valence-electron chi connectivity index (χ0n) is 13.7. The summed E-state index contributed by atoms with van der Waals surface area (Å²) in [6.45, 7) is 5.98. The first-order valence-electron chi connectivity index (χ1n) is 7.85. The number of ether oxygens (including phenoxy) is 1. The average Bonchev–Trinajstić information content (AvgIpc) is 2.90. The van der Waals surface area contributed by atoms with Crippen LogP contribution in [0.3, 0.4) is 0 Å². The minimum atomic E-state index is -0.495. The fraction of sp³-hybridized carbons (Fsp3) is 0.368. The van der Waals surface area contributed by atoms with Gasteiger partial charge in [0.25, 0.3) is 0 Å². The van der Waals surface area contributed by atoms with Gasteiger partial charge in [0.2, 0.25) is 0 Å². The fourth-order valence-corrected chi connectivity index (χ4v) is 3.11. The van der Waals surface area contributed by atoms with Crippen molar-refractivity contribution in [1.29, 1.82) is 0 Å². The van der Waals surface area contributed by atoms with Crippen molar-refractivity contribution in [3.8, 4) is 5.75 Å². The first-order chi connectivity index (χ1) is 10.6. The normalized spacial score (nSPS) is 14.1. The van der Waals surface area contributed by atoms with Gasteiger partial charge in [-0.1, -0.05) is 36.4 Å². The van der Waals surface area contributed by atoms with Crippen molar-refractivity contribution in [3.63, 3.8) is 0 Å². The molecule has 4 heteroatoms. The molecule has 0 amide bonds. The Morgan fingerprint density at radius 2 is 1.78 bits per heavy atom. The van der Waals surface area contributed by atoms with Crippen molar-refractivity contribution >= 4 is 18.1 Å². The maximum atomic E-state index is 10.3. The average molecular weight is 334 g/mol. The first kappa shape index (κ1) is 17.6. The number of halogens is 1. The molecule has 0 saturated carbocycles. The van der Waals surface area contributed by atoms with Gasteiger partial charge in [0.1, 0.15) is 18.5 Å². The largest absolute Gasteiger partial charge is 0.490 e. The van der Waals surface area contributed by atoms with Crippen LogP contribution >= 0.6 is 12.4 Å². The Labute approximate surface area is 144 Å². The molecule has 1 aliphatic rings. The van der Waals surface area contributed by atoms with Gasteiger partial charge >= 0.3 is 0 Å². The van der Waals surface area contributed by atoms with Crippen molar-refractivity contribution in [1.82, 2.24) is 0 Å². The third-order valence-corrected chi connectivity index (χ3v) is 4.24. The molecule has 2 aromatic carbocycles. The zero-order valence-corrected chi connectivity index (χ0v) is 14.5. The Kier molecular flexibility index (Phi) is 5.91. The van der Waals surface area contributed by atoms with E-state index >= 15 is 0 Å². The molecule has 1 unspecified atom stereocenters. The first-order valence-corrected chi connectivity index (χ1v) is 7.85. The van der Waals surface area contributed by atoms with Crippen LogP contribution in [0.4, 0.5) is 5.69 Å². The van der Waals surface area contributed by atoms with E-state index < -0.39 is 6.10 Å². The smallest absolute Gasteiger partial charge is 0.125 e. The molecule has 0 saturated heterocycles. The molecule has 3 rings (SSSR count). The highest BCUT2D eigenvalue weighted by Crippen LogP contribution is 2.27. The number of fused-ring (bicyclic) bond motifs is 1. The van der Waals surface area contributed by atoms with E-state index in [1.165, 1.54) is 11.3 Å². The summed E-state index contributed by atoms with van der Waals surface area (Å²) >= 11 is 0. The number of aryl methyl sites for hydroxylation is 2. The van der Waals surface area contributed by atoms with Gasteiger partial charge in [0.05, 0.1) is 0 Å². The second-order valence-corrected chi connectivity index (χ2v) is 6.01. The van der Waals surface area contributed by atoms with Gasteiger partial charge in [-0.25, -0.2) is 0 Å². The fourth-order valence-electron chi connectivity index (χ4n) is 3.11. The van der Waals surface area contributed by atoms with E-state index in [9.17, 15) is 5.11 Å². The minimum absolute atomic E-state index is 0. The van der Waals surface area contributed by atoms with E-state index in [-0.39, 0.29) is 12.4 Å². The van der Waals surface area contributed by atoms with Crippen LogP contribution in [0.15, 0.2) is 42.5 Å². The maximum absolute atomic E-state index is 10.3. The van der Waals surface area contributed by atoms with Crippen LogP contribution in [-0.2, 0) is 6.42 Å². The van der Waals surface area contributed by atoms with E-state index in [1.54, 1.807) is 0 Å². The lowest BCUT2D eigenvalue weighted by Crippen LogP contribution is -2.34. The highest BCUT2D eigenvalue weighted by Gasteiger charge is 2.21. The van der Waals surface area contributed by atoms with Gasteiger partial charge in [0, 0.05) is 18.8 Å². The molecule has 1 heterocycles. The van der Waals surface area contributed by atoms with E-state index in [1.807, 2.05) is 32.0 Å². The van der Waals surface area contributed by atoms with Gasteiger partial charge in [-0.15, -0.1) is 12.4 Å². The van der Waals surface area contributed by atoms with Gasteiger partial charge in [0.15, 0.2) is 0 Å². The van der Waals surface area contributed by atoms with Crippen molar-refractivity contribution in [3.05, 3.63) is 59.2 Å². The van der Waals surface area contributed by atoms with Gasteiger partial charge < -0.3 is 14.7 Å². The molecular formula is C19H24ClNO2. The lowest BCUT2D eigenvalue weighted by Gasteiger charge is -2.23. The van der Waals surface area contributed by atoms with Crippen molar-refractivity contribution in [2.45, 2.75) is 26.4 Å². The number of aliphatic hydroxyl groups is 1. The monoisotopic (exact) mass is 333 g/mol. The molecule has 0 aromatic heterocycles. The summed E-state index contributed by atoms with van der Waals surface area (Å²) in [5, 5.41) is 10.3. The van der Waals surface area contributed by atoms with Crippen LogP contribution in [0.25, 0.3) is 0 Å². The molecule has 124 valence electrons. The highest BCUT2D eigenvalue weighted by atomic mass is 35.5. The highest BCUT2D eigenvalue weighted by molar-refractivity contribution is 5.85. The number of hydrogen-bond donors (Lipinski definition) is 1. The summed E-state index contributed by atoms with van der Waals surface area (Å²) in [6.07, 6.45) is 0.561. The lowest BCUT2D eigenvalue weighted by molar-refractivity contribution is 0.112. The lowest BCUT2D eigenvalue weighted by atomic mass is 10.1. The van der Waals surface area contributed by atoms with Crippen LogP contribution in [0.5, 0.6) is 5.75 Å². The number of para-hydroxylation sites is 2. The molecule has 1 aliphatic heterocycles. The summed E-state index contributed by atoms with van der Waals surface area (Å²) in [5.41, 5.74) is 4.83. The molecule has 0 aliphatic carbocycles. The van der Waals surface area contributed by atoms with Gasteiger partial charge in [-0.3, -0.25) is 0 Å². The summed E-state index contributed by atoms with van der Waals surface area (Å²) in [5.74, 6) is 0.892. The predicted octanol–water partition coefficient (Wildman–Crippen LogP) is 3.53. The van der Waals surface area contributed by atoms with Crippen LogP contribution in [0, 0.1) is 13.8 Å². The molecule has 0 fully saturated rings. The van der Waals surface area contributed by atoms with E-state index in [0.29, 0.717) is 13.2 Å². The summed E-state index contributed by atoms with van der Waals surface area (Å²) in [7, 11) is 0. The summed E-state index contributed by atoms with van der Waals surface area (Å²) in [4.78, 5) is 2.24. The number of anilines is 1. The maximum Gasteiger partial charge on any atom is 0.125 e. The second kappa shape index (κ2) is 7.71. The Bertz CT molecular complexity index is 639. The van der Waals surface area contributed by atoms with E-state index in [2.05, 4.69) is 29.2 Å². The predicted molar refractivity (Wildman–Crippen MR) is 97.0 cm³/mol. The van der Waals surface area contributed by atoms with Crippen molar-refractivity contribution in [2.75, 3.05) is 24.6 Å². The Balaban J connectivity index is 0.00000192. The standard InChI is InChI=1S/C19H23NO2.ClH/c1-14-6-5-7-15(2)19(14)22-13-17(21)12-20-11-10-16-8-3-4-9-18(16)20;/h3-9,17,21H,10-13H2,1-2H3;1H. The third-order valence-electron chi connectivity index (χ3n) is 4.24. The van der Waals surface area contributed by atoms with Crippen molar-refractivity contribution in [2.24, 2.45) is 0 Å². The quantitative estimate of drug-likeness (QED) is 0.908. The zero-order chi connectivity index (χ0) is 15.5. The Morgan fingerprint density at radius 3 is 2.52 bits per heavy atom. The SMILES string of the molecule is Cc1cccc(C)c1OCC(O)CN1CCc2ccccc21.Cl. The van der Waals surface area contributed by atoms with Gasteiger partial charge in [-0.2, -0.15) is 0 Å². The second-order valence-electron chi connectivity index (χ2n) is 6.01. The Hall–Kier alpha value is -1.71. The number of benzene rings is 2. The van der Waals surface area contributed by atoms with E-state index in [4.69, 9.17) is 4.74 Å². The molecule has 0 bridgehead atoms. The van der Waals surface area contributed by atoms with Crippen LogP contribution in [0.2, 0.25) is 0 Å². The summed E-state index contributed by atoms with van der Waals surface area (Å²) < 4.78 is 5.85. The number of β-amino-alcohol motifs (C(OH)–C–C–N with tert-alkyl or cyclic N) is 1. The van der Waals surface area contributed by atoms with E-state index in [0.717, 1.165) is 29.8 Å². The number of aliphatic hydroxyl groups excluding tert-OH is 1. The summed E-state index contributed by atoms with van der Waals surface area (Å²) in [6, 6.07) is 14.5. The number of hydrogen-bond acceptors (Lipinski definition) is 3. The topological polar surface area (TPSA) is 32.7 Å². The molecule has 23 heavy (non-hydrogen) atoms. The minimum Gasteiger partial charge on any atom is -0.490 e. The van der Waals surface area contributed by atoms with Crippen LogP contribution < -0.4 is 9.64 Å². The molecule has 2 aromatic rings. The van der Waals surface area contributed by atoms with Crippen LogP contribution in [-0.4, -0.2) is 30.9 Å². The Morgan fingerprint density at radius 1 is 1.09 bits per heavy atom. The van der Waals surface area contributed by atoms with Crippen molar-refractivity contribution < 1.29 is 9.84 Å². The third kappa shape index (κ3) is 3.98. The molecule has 0 spiro atoms. The molecule has 1 atom stereocenters. The number of rotatable bonds is 5. The van der Waals surface area contributed by atoms with Gasteiger partial charge in [-0.05, 0) is 43.0 Å². The molecule has 1 N–H and O–H groups in total. The molecular weight excluding hydrogens is 310 g/mol. The number of nitrogens with zero attached hydrogens (tertiary/aromatic N) is 1. The molecule has 3 nitrogen and oxygen atoms in total.